The summed E-state index contributed by atoms with van der Waals surface area (Å²) in [5.41, 5.74) is 2.52. The Morgan fingerprint density at radius 3 is 2.55 bits per heavy atom. The SMILES string of the molecule is CC1(C)Cc2nc(-c3ccccc3O)sc2C(C)(C)C1. The first kappa shape index (κ1) is 13.6. The number of phenols is 1. The first-order chi connectivity index (χ1) is 9.28. The molecule has 0 amide bonds. The number of thiazole rings is 1. The summed E-state index contributed by atoms with van der Waals surface area (Å²) in [5.74, 6) is 0.315. The standard InChI is InChI=1S/C17H21NOS/c1-16(2)9-12-14(17(3,4)10-16)20-15(18-12)11-7-5-6-8-13(11)19/h5-8,19H,9-10H2,1-4H3. The van der Waals surface area contributed by atoms with Crippen molar-refractivity contribution in [1.82, 2.24) is 4.98 Å². The molecule has 0 atom stereocenters. The number of fused-ring (bicyclic) bond motifs is 1. The molecule has 20 heavy (non-hydrogen) atoms. The smallest absolute Gasteiger partial charge is 0.127 e. The summed E-state index contributed by atoms with van der Waals surface area (Å²) >= 11 is 1.74. The number of rotatable bonds is 1. The molecule has 1 N–H and O–H groups in total. The molecule has 1 heterocycles. The lowest BCUT2D eigenvalue weighted by molar-refractivity contribution is 0.232. The minimum absolute atomic E-state index is 0.164. The molecule has 0 spiro atoms. The van der Waals surface area contributed by atoms with Crippen molar-refractivity contribution in [2.75, 3.05) is 0 Å². The van der Waals surface area contributed by atoms with Gasteiger partial charge >= 0.3 is 0 Å². The third-order valence-electron chi connectivity index (χ3n) is 4.01. The van der Waals surface area contributed by atoms with Gasteiger partial charge in [0.1, 0.15) is 10.8 Å². The van der Waals surface area contributed by atoms with Crippen molar-refractivity contribution in [3.05, 3.63) is 34.8 Å². The number of hydrogen-bond donors (Lipinski definition) is 1. The summed E-state index contributed by atoms with van der Waals surface area (Å²) < 4.78 is 0. The first-order valence-corrected chi connectivity index (χ1v) is 7.89. The van der Waals surface area contributed by atoms with Crippen molar-refractivity contribution in [1.29, 1.82) is 0 Å². The molecule has 1 aliphatic rings. The van der Waals surface area contributed by atoms with E-state index in [-0.39, 0.29) is 5.41 Å². The predicted molar refractivity (Wildman–Crippen MR) is 84.3 cm³/mol. The lowest BCUT2D eigenvalue weighted by Gasteiger charge is -2.39. The predicted octanol–water partition coefficient (Wildman–Crippen LogP) is 4.77. The van der Waals surface area contributed by atoms with Crippen LogP contribution in [0.25, 0.3) is 10.6 Å². The van der Waals surface area contributed by atoms with Crippen LogP contribution in [0, 0.1) is 5.41 Å². The summed E-state index contributed by atoms with van der Waals surface area (Å²) in [5, 5.41) is 11.0. The van der Waals surface area contributed by atoms with E-state index in [9.17, 15) is 5.11 Å². The van der Waals surface area contributed by atoms with Crippen LogP contribution in [0.5, 0.6) is 5.75 Å². The highest BCUT2D eigenvalue weighted by molar-refractivity contribution is 7.15. The van der Waals surface area contributed by atoms with Gasteiger partial charge in [0.2, 0.25) is 0 Å². The van der Waals surface area contributed by atoms with Crippen LogP contribution in [0.1, 0.15) is 44.7 Å². The number of nitrogens with zero attached hydrogens (tertiary/aromatic N) is 1. The molecule has 0 aliphatic heterocycles. The molecule has 3 heteroatoms. The minimum atomic E-state index is 0.164. The van der Waals surface area contributed by atoms with Gasteiger partial charge in [0.05, 0.1) is 11.3 Å². The van der Waals surface area contributed by atoms with Crippen LogP contribution in [0.4, 0.5) is 0 Å². The molecular weight excluding hydrogens is 266 g/mol. The third kappa shape index (κ3) is 2.24. The van der Waals surface area contributed by atoms with E-state index in [1.165, 1.54) is 17.0 Å². The van der Waals surface area contributed by atoms with Crippen LogP contribution in [0.15, 0.2) is 24.3 Å². The summed E-state index contributed by atoms with van der Waals surface area (Å²) in [7, 11) is 0. The van der Waals surface area contributed by atoms with E-state index < -0.39 is 0 Å². The van der Waals surface area contributed by atoms with Crippen molar-refractivity contribution >= 4 is 11.3 Å². The van der Waals surface area contributed by atoms with Crippen LogP contribution in [0.3, 0.4) is 0 Å². The molecule has 0 unspecified atom stereocenters. The summed E-state index contributed by atoms with van der Waals surface area (Å²) in [4.78, 5) is 6.22. The zero-order chi connectivity index (χ0) is 14.5. The molecule has 1 aromatic heterocycles. The molecule has 0 bridgehead atoms. The monoisotopic (exact) mass is 287 g/mol. The van der Waals surface area contributed by atoms with Gasteiger partial charge in [-0.2, -0.15) is 0 Å². The van der Waals surface area contributed by atoms with Crippen LogP contribution in [-0.4, -0.2) is 10.1 Å². The summed E-state index contributed by atoms with van der Waals surface area (Å²) in [6.07, 6.45) is 2.20. The van der Waals surface area contributed by atoms with E-state index >= 15 is 0 Å². The van der Waals surface area contributed by atoms with E-state index in [0.29, 0.717) is 11.2 Å². The lowest BCUT2D eigenvalue weighted by atomic mass is 9.67. The number of hydrogen-bond acceptors (Lipinski definition) is 3. The third-order valence-corrected chi connectivity index (χ3v) is 5.51. The van der Waals surface area contributed by atoms with E-state index in [1.54, 1.807) is 17.4 Å². The topological polar surface area (TPSA) is 33.1 Å². The van der Waals surface area contributed by atoms with Crippen LogP contribution < -0.4 is 0 Å². The van der Waals surface area contributed by atoms with E-state index in [0.717, 1.165) is 17.0 Å². The fourth-order valence-electron chi connectivity index (χ4n) is 3.56. The molecule has 106 valence electrons. The maximum absolute atomic E-state index is 10.0. The van der Waals surface area contributed by atoms with Gasteiger partial charge in [0.15, 0.2) is 0 Å². The van der Waals surface area contributed by atoms with Crippen molar-refractivity contribution in [2.24, 2.45) is 5.41 Å². The van der Waals surface area contributed by atoms with Crippen molar-refractivity contribution in [3.63, 3.8) is 0 Å². The van der Waals surface area contributed by atoms with Gasteiger partial charge < -0.3 is 5.11 Å². The maximum Gasteiger partial charge on any atom is 0.127 e. The number of phenolic OH excluding ortho intramolecular Hbond substituents is 1. The minimum Gasteiger partial charge on any atom is -0.507 e. The van der Waals surface area contributed by atoms with Gasteiger partial charge in [-0.25, -0.2) is 4.98 Å². The van der Waals surface area contributed by atoms with Crippen LogP contribution in [0.2, 0.25) is 0 Å². The zero-order valence-corrected chi connectivity index (χ0v) is 13.3. The zero-order valence-electron chi connectivity index (χ0n) is 12.5. The number of aromatic nitrogens is 1. The van der Waals surface area contributed by atoms with Crippen LogP contribution >= 0.6 is 11.3 Å². The Bertz CT molecular complexity index is 655. The Balaban J connectivity index is 2.12. The molecule has 0 fully saturated rings. The highest BCUT2D eigenvalue weighted by atomic mass is 32.1. The average Bonchev–Trinajstić information content (AvgIpc) is 2.71. The molecule has 3 rings (SSSR count). The summed E-state index contributed by atoms with van der Waals surface area (Å²) in [6.45, 7) is 9.24. The molecule has 0 saturated carbocycles. The van der Waals surface area contributed by atoms with Crippen molar-refractivity contribution in [2.45, 2.75) is 46.0 Å². The summed E-state index contributed by atoms with van der Waals surface area (Å²) in [6, 6.07) is 7.46. The quantitative estimate of drug-likeness (QED) is 0.820. The average molecular weight is 287 g/mol. The molecule has 0 radical (unpaired) electrons. The molecule has 0 saturated heterocycles. The van der Waals surface area contributed by atoms with Gasteiger partial charge in [0.25, 0.3) is 0 Å². The molecular formula is C17H21NOS. The first-order valence-electron chi connectivity index (χ1n) is 7.07. The normalized spacial score (nSPS) is 19.6. The highest BCUT2D eigenvalue weighted by Crippen LogP contribution is 2.49. The van der Waals surface area contributed by atoms with E-state index in [4.69, 9.17) is 4.98 Å². The van der Waals surface area contributed by atoms with Crippen molar-refractivity contribution < 1.29 is 5.11 Å². The maximum atomic E-state index is 10.0. The van der Waals surface area contributed by atoms with Gasteiger partial charge in [0, 0.05) is 10.3 Å². The second-order valence-corrected chi connectivity index (χ2v) is 8.21. The number of aromatic hydroxyl groups is 1. The van der Waals surface area contributed by atoms with Gasteiger partial charge in [-0.05, 0) is 30.4 Å². The Morgan fingerprint density at radius 1 is 1.15 bits per heavy atom. The number of benzene rings is 1. The molecule has 2 nitrogen and oxygen atoms in total. The Labute approximate surface area is 124 Å². The van der Waals surface area contributed by atoms with Gasteiger partial charge in [-0.3, -0.25) is 0 Å². The number of para-hydroxylation sites is 1. The van der Waals surface area contributed by atoms with Gasteiger partial charge in [-0.15, -0.1) is 11.3 Å². The van der Waals surface area contributed by atoms with Gasteiger partial charge in [-0.1, -0.05) is 39.8 Å². The van der Waals surface area contributed by atoms with E-state index in [1.807, 2.05) is 18.2 Å². The fraction of sp³-hybridized carbons (Fsp3) is 0.471. The lowest BCUT2D eigenvalue weighted by Crippen LogP contribution is -2.33. The fourth-order valence-corrected chi connectivity index (χ4v) is 4.78. The Morgan fingerprint density at radius 2 is 1.85 bits per heavy atom. The Kier molecular flexibility index (Phi) is 2.94. The van der Waals surface area contributed by atoms with Crippen molar-refractivity contribution in [3.8, 4) is 16.3 Å². The Hall–Kier alpha value is -1.35. The second kappa shape index (κ2) is 4.32. The molecule has 2 aromatic rings. The van der Waals surface area contributed by atoms with Crippen LogP contribution in [-0.2, 0) is 11.8 Å². The van der Waals surface area contributed by atoms with E-state index in [2.05, 4.69) is 27.7 Å². The largest absolute Gasteiger partial charge is 0.507 e. The second-order valence-electron chi connectivity index (χ2n) is 7.21. The highest BCUT2D eigenvalue weighted by Gasteiger charge is 2.40. The molecule has 1 aromatic carbocycles. The molecule has 1 aliphatic carbocycles.